The van der Waals surface area contributed by atoms with Gasteiger partial charge in [0.15, 0.2) is 5.16 Å². The van der Waals surface area contributed by atoms with Gasteiger partial charge in [-0.2, -0.15) is 0 Å². The molecule has 6 nitrogen and oxygen atoms in total. The number of aromatic nitrogens is 2. The molecule has 0 unspecified atom stereocenters. The van der Waals surface area contributed by atoms with Crippen molar-refractivity contribution in [2.75, 3.05) is 44.2 Å². The predicted octanol–water partition coefficient (Wildman–Crippen LogP) is 5.61. The van der Waals surface area contributed by atoms with Crippen LogP contribution in [-0.2, 0) is 5.75 Å². The monoisotopic (exact) mass is 529 g/mol. The standard InChI is InChI=1S/C31H39N5OS/c1-23(2)21-32-30(37)28-14-8-12-27(20-28)22-38-31-33-25(4)24(3)29(34-31)36-18-16-35(17-19-36)15-9-13-26-10-6-5-7-11-26/h5-14,20,23H,15-19,21-22H2,1-4H3,(H,32,37)/b13-9+. The Balaban J connectivity index is 1.34. The van der Waals surface area contributed by atoms with E-state index in [0.29, 0.717) is 18.0 Å². The number of thioether (sulfide) groups is 1. The van der Waals surface area contributed by atoms with Gasteiger partial charge in [-0.05, 0) is 43.0 Å². The number of rotatable bonds is 10. The normalized spacial score (nSPS) is 14.4. The maximum Gasteiger partial charge on any atom is 0.251 e. The Kier molecular flexibility index (Phi) is 9.96. The summed E-state index contributed by atoms with van der Waals surface area (Å²) >= 11 is 1.62. The summed E-state index contributed by atoms with van der Waals surface area (Å²) in [5.74, 6) is 2.16. The third-order valence-electron chi connectivity index (χ3n) is 6.72. The highest BCUT2D eigenvalue weighted by Gasteiger charge is 2.21. The molecule has 0 aliphatic carbocycles. The van der Waals surface area contributed by atoms with Crippen molar-refractivity contribution in [3.8, 4) is 0 Å². The van der Waals surface area contributed by atoms with Crippen molar-refractivity contribution in [2.24, 2.45) is 5.92 Å². The van der Waals surface area contributed by atoms with Crippen LogP contribution in [0.3, 0.4) is 0 Å². The number of amides is 1. The first kappa shape index (κ1) is 27.9. The van der Waals surface area contributed by atoms with Crippen molar-refractivity contribution in [2.45, 2.75) is 38.6 Å². The molecular formula is C31H39N5OS. The number of hydrogen-bond acceptors (Lipinski definition) is 6. The average Bonchev–Trinajstić information content (AvgIpc) is 2.93. The van der Waals surface area contributed by atoms with Crippen molar-refractivity contribution in [1.29, 1.82) is 0 Å². The van der Waals surface area contributed by atoms with Crippen LogP contribution in [-0.4, -0.2) is 60.0 Å². The number of aryl methyl sites for hydroxylation is 1. The van der Waals surface area contributed by atoms with Gasteiger partial charge in [0.1, 0.15) is 5.82 Å². The first-order valence-electron chi connectivity index (χ1n) is 13.4. The largest absolute Gasteiger partial charge is 0.354 e. The van der Waals surface area contributed by atoms with Crippen LogP contribution in [0, 0.1) is 19.8 Å². The average molecular weight is 530 g/mol. The van der Waals surface area contributed by atoms with Crippen LogP contribution in [0.2, 0.25) is 0 Å². The number of anilines is 1. The molecule has 0 spiro atoms. The maximum atomic E-state index is 12.5. The SMILES string of the molecule is Cc1nc(SCc2cccc(C(=O)NCC(C)C)c2)nc(N2CCN(C/C=C/c3ccccc3)CC2)c1C. The van der Waals surface area contributed by atoms with E-state index in [1.54, 1.807) is 11.8 Å². The van der Waals surface area contributed by atoms with Crippen LogP contribution in [0.1, 0.15) is 46.6 Å². The van der Waals surface area contributed by atoms with Gasteiger partial charge in [0.2, 0.25) is 0 Å². The van der Waals surface area contributed by atoms with Gasteiger partial charge in [-0.3, -0.25) is 9.69 Å². The third-order valence-corrected chi connectivity index (χ3v) is 7.63. The minimum absolute atomic E-state index is 0.0232. The minimum Gasteiger partial charge on any atom is -0.354 e. The van der Waals surface area contributed by atoms with Crippen LogP contribution in [0.4, 0.5) is 5.82 Å². The summed E-state index contributed by atoms with van der Waals surface area (Å²) in [5.41, 5.74) is 5.20. The van der Waals surface area contributed by atoms with E-state index in [1.165, 1.54) is 5.56 Å². The Morgan fingerprint density at radius 3 is 2.53 bits per heavy atom. The Labute approximate surface area is 231 Å². The van der Waals surface area contributed by atoms with Crippen LogP contribution < -0.4 is 10.2 Å². The highest BCUT2D eigenvalue weighted by atomic mass is 32.2. The molecule has 1 aliphatic rings. The Hall–Kier alpha value is -3.16. The van der Waals surface area contributed by atoms with Gasteiger partial charge in [0.05, 0.1) is 0 Å². The fourth-order valence-electron chi connectivity index (χ4n) is 4.35. The van der Waals surface area contributed by atoms with Crippen molar-refractivity contribution in [3.63, 3.8) is 0 Å². The number of nitrogens with zero attached hydrogens (tertiary/aromatic N) is 4. The van der Waals surface area contributed by atoms with Gasteiger partial charge < -0.3 is 10.2 Å². The molecule has 1 amide bonds. The van der Waals surface area contributed by atoms with E-state index in [2.05, 4.69) is 85.3 Å². The summed E-state index contributed by atoms with van der Waals surface area (Å²) in [6.45, 7) is 13.9. The second-order valence-electron chi connectivity index (χ2n) is 10.2. The smallest absolute Gasteiger partial charge is 0.251 e. The molecule has 1 N–H and O–H groups in total. The summed E-state index contributed by atoms with van der Waals surface area (Å²) in [4.78, 5) is 27.1. The van der Waals surface area contributed by atoms with E-state index in [0.717, 1.165) is 66.3 Å². The quantitative estimate of drug-likeness (QED) is 0.272. The Morgan fingerprint density at radius 2 is 1.79 bits per heavy atom. The lowest BCUT2D eigenvalue weighted by Crippen LogP contribution is -2.47. The van der Waals surface area contributed by atoms with E-state index in [1.807, 2.05) is 24.3 Å². The molecule has 3 aromatic rings. The van der Waals surface area contributed by atoms with Gasteiger partial charge in [-0.25, -0.2) is 9.97 Å². The number of benzene rings is 2. The lowest BCUT2D eigenvalue weighted by Gasteiger charge is -2.35. The van der Waals surface area contributed by atoms with Gasteiger partial charge in [0.25, 0.3) is 5.91 Å². The molecular weight excluding hydrogens is 490 g/mol. The number of carbonyl (C=O) groups excluding carboxylic acids is 1. The van der Waals surface area contributed by atoms with E-state index in [9.17, 15) is 4.79 Å². The molecule has 1 aromatic heterocycles. The maximum absolute atomic E-state index is 12.5. The third kappa shape index (κ3) is 7.92. The molecule has 1 fully saturated rings. The molecule has 2 aromatic carbocycles. The first-order valence-corrected chi connectivity index (χ1v) is 14.4. The molecule has 0 bridgehead atoms. The first-order chi connectivity index (χ1) is 18.4. The van der Waals surface area contributed by atoms with Crippen LogP contribution in [0.5, 0.6) is 0 Å². The van der Waals surface area contributed by atoms with Crippen LogP contribution >= 0.6 is 11.8 Å². The lowest BCUT2D eigenvalue weighted by molar-refractivity contribution is 0.0949. The number of nitrogens with one attached hydrogen (secondary N) is 1. The van der Waals surface area contributed by atoms with Crippen molar-refractivity contribution >= 4 is 29.6 Å². The van der Waals surface area contributed by atoms with Crippen LogP contribution in [0.25, 0.3) is 6.08 Å². The summed E-state index contributed by atoms with van der Waals surface area (Å²) in [7, 11) is 0. The molecule has 1 saturated heterocycles. The van der Waals surface area contributed by atoms with E-state index >= 15 is 0 Å². The molecule has 2 heterocycles. The van der Waals surface area contributed by atoms with Gasteiger partial charge in [0, 0.05) is 61.8 Å². The zero-order chi connectivity index (χ0) is 26.9. The molecule has 1 aliphatic heterocycles. The predicted molar refractivity (Wildman–Crippen MR) is 159 cm³/mol. The molecule has 38 heavy (non-hydrogen) atoms. The van der Waals surface area contributed by atoms with E-state index in [-0.39, 0.29) is 5.91 Å². The lowest BCUT2D eigenvalue weighted by atomic mass is 10.1. The summed E-state index contributed by atoms with van der Waals surface area (Å²) in [6.07, 6.45) is 4.45. The molecule has 0 saturated carbocycles. The minimum atomic E-state index is -0.0232. The highest BCUT2D eigenvalue weighted by Crippen LogP contribution is 2.27. The van der Waals surface area contributed by atoms with E-state index in [4.69, 9.17) is 9.97 Å². The topological polar surface area (TPSA) is 61.4 Å². The highest BCUT2D eigenvalue weighted by molar-refractivity contribution is 7.98. The molecule has 7 heteroatoms. The summed E-state index contributed by atoms with van der Waals surface area (Å²) in [5, 5.41) is 3.78. The molecule has 0 atom stereocenters. The Bertz CT molecular complexity index is 1240. The van der Waals surface area contributed by atoms with Gasteiger partial charge in [-0.15, -0.1) is 0 Å². The number of piperazine rings is 1. The second kappa shape index (κ2) is 13.6. The van der Waals surface area contributed by atoms with Gasteiger partial charge >= 0.3 is 0 Å². The van der Waals surface area contributed by atoms with Crippen molar-refractivity contribution < 1.29 is 4.79 Å². The molecule has 200 valence electrons. The number of carbonyl (C=O) groups is 1. The zero-order valence-electron chi connectivity index (χ0n) is 23.0. The zero-order valence-corrected chi connectivity index (χ0v) is 23.8. The fourth-order valence-corrected chi connectivity index (χ4v) is 5.18. The summed E-state index contributed by atoms with van der Waals surface area (Å²) in [6, 6.07) is 18.3. The summed E-state index contributed by atoms with van der Waals surface area (Å²) < 4.78 is 0. The second-order valence-corrected chi connectivity index (χ2v) is 11.2. The fraction of sp³-hybridized carbons (Fsp3) is 0.387. The van der Waals surface area contributed by atoms with Crippen LogP contribution in [0.15, 0.2) is 65.8 Å². The van der Waals surface area contributed by atoms with Gasteiger partial charge in [-0.1, -0.05) is 80.2 Å². The molecule has 4 rings (SSSR count). The van der Waals surface area contributed by atoms with E-state index < -0.39 is 0 Å². The van der Waals surface area contributed by atoms with Crippen molar-refractivity contribution in [3.05, 3.63) is 88.6 Å². The number of hydrogen-bond donors (Lipinski definition) is 1. The Morgan fingerprint density at radius 1 is 1.03 bits per heavy atom. The molecule has 0 radical (unpaired) electrons. The van der Waals surface area contributed by atoms with Crippen molar-refractivity contribution in [1.82, 2.24) is 20.2 Å².